The van der Waals surface area contributed by atoms with Crippen molar-refractivity contribution in [3.8, 4) is 5.75 Å². The molecule has 0 saturated carbocycles. The summed E-state index contributed by atoms with van der Waals surface area (Å²) >= 11 is 0. The average molecular weight is 488 g/mol. The van der Waals surface area contributed by atoms with Crippen molar-refractivity contribution in [2.75, 3.05) is 49.6 Å². The fourth-order valence-corrected chi connectivity index (χ4v) is 4.28. The summed E-state index contributed by atoms with van der Waals surface area (Å²) in [5, 5.41) is 2.95. The fourth-order valence-electron chi connectivity index (χ4n) is 4.28. The third-order valence-corrected chi connectivity index (χ3v) is 6.10. The van der Waals surface area contributed by atoms with E-state index < -0.39 is 5.97 Å². The molecule has 0 radical (unpaired) electrons. The van der Waals surface area contributed by atoms with Crippen LogP contribution in [0.4, 0.5) is 11.4 Å². The Balaban J connectivity index is 1.44. The number of carbonyl (C=O) groups is 2. The van der Waals surface area contributed by atoms with Gasteiger partial charge in [0.05, 0.1) is 23.5 Å². The van der Waals surface area contributed by atoms with Gasteiger partial charge in [-0.2, -0.15) is 0 Å². The maximum atomic E-state index is 12.8. The standard InChI is InChI=1S/C29H33N3O4/c1-3-35-29(34)24-12-13-27(32-16-14-31(15-17-32)20-23-9-5-4-6-10-23)26(19-24)30-28(33)21-36-25-11-7-8-22(2)18-25/h4-13,18-19H,3,14-17,20-21H2,1-2H3,(H,30,33). The molecular formula is C29H33N3O4. The summed E-state index contributed by atoms with van der Waals surface area (Å²) in [4.78, 5) is 29.8. The van der Waals surface area contributed by atoms with Gasteiger partial charge in [0.25, 0.3) is 5.91 Å². The van der Waals surface area contributed by atoms with Crippen molar-refractivity contribution < 1.29 is 19.1 Å². The molecule has 1 N–H and O–H groups in total. The number of rotatable bonds is 9. The molecule has 3 aromatic rings. The van der Waals surface area contributed by atoms with E-state index in [-0.39, 0.29) is 19.1 Å². The first-order chi connectivity index (χ1) is 17.5. The van der Waals surface area contributed by atoms with Gasteiger partial charge in [-0.1, -0.05) is 42.5 Å². The molecule has 0 bridgehead atoms. The van der Waals surface area contributed by atoms with E-state index in [4.69, 9.17) is 9.47 Å². The van der Waals surface area contributed by atoms with Crippen LogP contribution in [0.5, 0.6) is 5.75 Å². The first-order valence-electron chi connectivity index (χ1n) is 12.3. The number of amides is 1. The number of aryl methyl sites for hydroxylation is 1. The van der Waals surface area contributed by atoms with E-state index in [2.05, 4.69) is 39.4 Å². The van der Waals surface area contributed by atoms with Gasteiger partial charge in [-0.15, -0.1) is 0 Å². The summed E-state index contributed by atoms with van der Waals surface area (Å²) in [7, 11) is 0. The summed E-state index contributed by atoms with van der Waals surface area (Å²) < 4.78 is 10.8. The summed E-state index contributed by atoms with van der Waals surface area (Å²) in [5.41, 5.74) is 4.22. The smallest absolute Gasteiger partial charge is 0.338 e. The number of piperazine rings is 1. The van der Waals surface area contributed by atoms with E-state index in [9.17, 15) is 9.59 Å². The summed E-state index contributed by atoms with van der Waals surface area (Å²) in [6.45, 7) is 8.25. The number of hydrogen-bond donors (Lipinski definition) is 1. The van der Waals surface area contributed by atoms with Crippen LogP contribution < -0.4 is 15.0 Å². The second kappa shape index (κ2) is 12.2. The second-order valence-electron chi connectivity index (χ2n) is 8.85. The number of ether oxygens (including phenoxy) is 2. The Morgan fingerprint density at radius 1 is 0.917 bits per heavy atom. The molecule has 188 valence electrons. The minimum atomic E-state index is -0.414. The van der Waals surface area contributed by atoms with Crippen molar-refractivity contribution in [1.29, 1.82) is 0 Å². The number of nitrogens with zero attached hydrogens (tertiary/aromatic N) is 2. The molecule has 4 rings (SSSR count). The average Bonchev–Trinajstić information content (AvgIpc) is 2.89. The topological polar surface area (TPSA) is 71.1 Å². The molecule has 1 heterocycles. The SMILES string of the molecule is CCOC(=O)c1ccc(N2CCN(Cc3ccccc3)CC2)c(NC(=O)COc2cccc(C)c2)c1. The van der Waals surface area contributed by atoms with Crippen molar-refractivity contribution in [2.24, 2.45) is 0 Å². The molecule has 7 heteroatoms. The van der Waals surface area contributed by atoms with Crippen LogP contribution in [0.15, 0.2) is 72.8 Å². The van der Waals surface area contributed by atoms with Crippen molar-refractivity contribution in [3.05, 3.63) is 89.5 Å². The summed E-state index contributed by atoms with van der Waals surface area (Å²) in [6.07, 6.45) is 0. The lowest BCUT2D eigenvalue weighted by Crippen LogP contribution is -2.46. The Hall–Kier alpha value is -3.84. The quantitative estimate of drug-likeness (QED) is 0.448. The predicted molar refractivity (Wildman–Crippen MR) is 142 cm³/mol. The molecule has 3 aromatic carbocycles. The summed E-state index contributed by atoms with van der Waals surface area (Å²) in [5.74, 6) is -0.0649. The fraction of sp³-hybridized carbons (Fsp3) is 0.310. The molecule has 1 saturated heterocycles. The van der Waals surface area contributed by atoms with Crippen LogP contribution in [-0.2, 0) is 16.1 Å². The number of hydrogen-bond acceptors (Lipinski definition) is 6. The third kappa shape index (κ3) is 6.86. The van der Waals surface area contributed by atoms with Gasteiger partial charge in [-0.25, -0.2) is 4.79 Å². The lowest BCUT2D eigenvalue weighted by molar-refractivity contribution is -0.118. The van der Waals surface area contributed by atoms with Gasteiger partial charge in [0.2, 0.25) is 0 Å². The normalized spacial score (nSPS) is 13.8. The molecule has 7 nitrogen and oxygen atoms in total. The monoisotopic (exact) mass is 487 g/mol. The van der Waals surface area contributed by atoms with Crippen molar-refractivity contribution in [1.82, 2.24) is 4.90 Å². The Kier molecular flexibility index (Phi) is 8.57. The van der Waals surface area contributed by atoms with E-state index in [1.807, 2.05) is 43.3 Å². The van der Waals surface area contributed by atoms with Crippen molar-refractivity contribution in [3.63, 3.8) is 0 Å². The number of anilines is 2. The van der Waals surface area contributed by atoms with Crippen LogP contribution in [0, 0.1) is 6.92 Å². The molecular weight excluding hydrogens is 454 g/mol. The first-order valence-corrected chi connectivity index (χ1v) is 12.3. The maximum Gasteiger partial charge on any atom is 0.338 e. The van der Waals surface area contributed by atoms with Crippen LogP contribution >= 0.6 is 0 Å². The Labute approximate surface area is 212 Å². The lowest BCUT2D eigenvalue weighted by Gasteiger charge is -2.37. The van der Waals surface area contributed by atoms with Crippen LogP contribution in [0.25, 0.3) is 0 Å². The Morgan fingerprint density at radius 3 is 2.42 bits per heavy atom. The maximum absolute atomic E-state index is 12.8. The number of carbonyl (C=O) groups excluding carboxylic acids is 2. The highest BCUT2D eigenvalue weighted by Gasteiger charge is 2.22. The summed E-state index contributed by atoms with van der Waals surface area (Å²) in [6, 6.07) is 23.3. The van der Waals surface area contributed by atoms with Crippen LogP contribution in [-0.4, -0.2) is 56.2 Å². The van der Waals surface area contributed by atoms with E-state index in [0.717, 1.165) is 44.0 Å². The van der Waals surface area contributed by atoms with E-state index in [0.29, 0.717) is 17.0 Å². The van der Waals surface area contributed by atoms with Gasteiger partial charge in [0, 0.05) is 32.7 Å². The van der Waals surface area contributed by atoms with Crippen molar-refractivity contribution >= 4 is 23.3 Å². The molecule has 36 heavy (non-hydrogen) atoms. The zero-order valence-corrected chi connectivity index (χ0v) is 20.9. The third-order valence-electron chi connectivity index (χ3n) is 6.10. The van der Waals surface area contributed by atoms with Gasteiger partial charge in [0.15, 0.2) is 6.61 Å². The number of nitrogens with one attached hydrogen (secondary N) is 1. The largest absolute Gasteiger partial charge is 0.484 e. The highest BCUT2D eigenvalue weighted by atomic mass is 16.5. The van der Waals surface area contributed by atoms with Crippen LogP contribution in [0.1, 0.15) is 28.4 Å². The Bertz CT molecular complexity index is 1170. The molecule has 1 amide bonds. The molecule has 1 aliphatic heterocycles. The van der Waals surface area contributed by atoms with Gasteiger partial charge in [-0.05, 0) is 55.3 Å². The molecule has 0 aliphatic carbocycles. The minimum Gasteiger partial charge on any atom is -0.484 e. The van der Waals surface area contributed by atoms with Gasteiger partial charge in [-0.3, -0.25) is 9.69 Å². The Morgan fingerprint density at radius 2 is 1.69 bits per heavy atom. The number of esters is 1. The van der Waals surface area contributed by atoms with E-state index in [1.54, 1.807) is 19.1 Å². The number of benzene rings is 3. The molecule has 0 aromatic heterocycles. The highest BCUT2D eigenvalue weighted by molar-refractivity contribution is 5.98. The first kappa shape index (κ1) is 25.3. The van der Waals surface area contributed by atoms with Gasteiger partial charge >= 0.3 is 5.97 Å². The predicted octanol–water partition coefficient (Wildman–Crippen LogP) is 4.51. The van der Waals surface area contributed by atoms with E-state index in [1.165, 1.54) is 5.56 Å². The lowest BCUT2D eigenvalue weighted by atomic mass is 10.1. The zero-order chi connectivity index (χ0) is 25.3. The van der Waals surface area contributed by atoms with Gasteiger partial charge < -0.3 is 19.7 Å². The minimum absolute atomic E-state index is 0.128. The van der Waals surface area contributed by atoms with Gasteiger partial charge in [0.1, 0.15) is 5.75 Å². The molecule has 0 spiro atoms. The van der Waals surface area contributed by atoms with Crippen LogP contribution in [0.2, 0.25) is 0 Å². The highest BCUT2D eigenvalue weighted by Crippen LogP contribution is 2.29. The molecule has 1 aliphatic rings. The van der Waals surface area contributed by atoms with E-state index >= 15 is 0 Å². The molecule has 0 atom stereocenters. The van der Waals surface area contributed by atoms with Crippen molar-refractivity contribution in [2.45, 2.75) is 20.4 Å². The molecule has 0 unspecified atom stereocenters. The second-order valence-corrected chi connectivity index (χ2v) is 8.85. The van der Waals surface area contributed by atoms with Crippen LogP contribution in [0.3, 0.4) is 0 Å². The molecule has 1 fully saturated rings. The zero-order valence-electron chi connectivity index (χ0n) is 20.9.